The summed E-state index contributed by atoms with van der Waals surface area (Å²) in [4.78, 5) is 22.3. The fraction of sp³-hybridized carbons (Fsp3) is 0.778. The quantitative estimate of drug-likeness (QED) is 0.630. The average molecular weight is 186 g/mol. The van der Waals surface area contributed by atoms with E-state index in [1.54, 1.807) is 0 Å². The monoisotopic (exact) mass is 186 g/mol. The molecular formula is C9H14O4. The molecule has 0 amide bonds. The number of hydrogen-bond donors (Lipinski definition) is 2. The van der Waals surface area contributed by atoms with Crippen LogP contribution < -0.4 is 0 Å². The van der Waals surface area contributed by atoms with Crippen LogP contribution in [0.3, 0.4) is 0 Å². The zero-order chi connectivity index (χ0) is 9.90. The molecule has 0 aromatic carbocycles. The van der Waals surface area contributed by atoms with Crippen molar-refractivity contribution in [2.24, 2.45) is 5.41 Å². The summed E-state index contributed by atoms with van der Waals surface area (Å²) in [5.74, 6) is -1.20. The van der Waals surface area contributed by atoms with E-state index < -0.39 is 11.4 Å². The van der Waals surface area contributed by atoms with Gasteiger partial charge in [-0.1, -0.05) is 0 Å². The van der Waals surface area contributed by atoms with Crippen LogP contribution in [0.1, 0.15) is 32.1 Å². The molecule has 4 heteroatoms. The first-order valence-corrected chi connectivity index (χ1v) is 4.51. The number of aliphatic hydroxyl groups excluding tert-OH is 1. The highest BCUT2D eigenvalue weighted by atomic mass is 16.4. The van der Waals surface area contributed by atoms with Gasteiger partial charge in [-0.15, -0.1) is 0 Å². The predicted octanol–water partition coefficient (Wildman–Crippen LogP) is 0.583. The number of Topliss-reactive ketones (excluding diaryl/α,β-unsaturated/α-hetero) is 1. The average Bonchev–Trinajstić information content (AvgIpc) is 2.45. The summed E-state index contributed by atoms with van der Waals surface area (Å²) >= 11 is 0. The number of carboxylic acids is 1. The van der Waals surface area contributed by atoms with Gasteiger partial charge in [-0.3, -0.25) is 9.59 Å². The van der Waals surface area contributed by atoms with Crippen molar-refractivity contribution in [1.82, 2.24) is 0 Å². The zero-order valence-corrected chi connectivity index (χ0v) is 7.45. The lowest BCUT2D eigenvalue weighted by Gasteiger charge is -2.21. The molecule has 0 radical (unpaired) electrons. The minimum absolute atomic E-state index is 0.0533. The molecule has 0 unspecified atom stereocenters. The van der Waals surface area contributed by atoms with Gasteiger partial charge in [-0.25, -0.2) is 0 Å². The van der Waals surface area contributed by atoms with Crippen LogP contribution >= 0.6 is 0 Å². The van der Waals surface area contributed by atoms with E-state index in [1.165, 1.54) is 0 Å². The molecule has 4 nitrogen and oxygen atoms in total. The second kappa shape index (κ2) is 3.87. The third-order valence-electron chi connectivity index (χ3n) is 2.71. The maximum Gasteiger partial charge on any atom is 0.317 e. The number of hydrogen-bond acceptors (Lipinski definition) is 3. The summed E-state index contributed by atoms with van der Waals surface area (Å²) in [5, 5.41) is 17.6. The van der Waals surface area contributed by atoms with Gasteiger partial charge in [-0.05, 0) is 25.7 Å². The van der Waals surface area contributed by atoms with Gasteiger partial charge in [-0.2, -0.15) is 0 Å². The molecule has 1 atom stereocenters. The molecule has 1 aliphatic carbocycles. The topological polar surface area (TPSA) is 74.6 Å². The number of carbonyl (C=O) groups excluding carboxylic acids is 1. The van der Waals surface area contributed by atoms with E-state index in [4.69, 9.17) is 10.2 Å². The standard InChI is InChI=1S/C9H14O4/c10-6-2-5-9(8(12)13)4-1-3-7(9)11/h10H,1-6H2,(H,12,13)/t9-/m0/s1. The molecule has 0 saturated heterocycles. The highest BCUT2D eigenvalue weighted by Gasteiger charge is 2.47. The molecule has 1 aliphatic rings. The van der Waals surface area contributed by atoms with Gasteiger partial charge in [0, 0.05) is 13.0 Å². The van der Waals surface area contributed by atoms with Crippen LogP contribution in [-0.4, -0.2) is 28.6 Å². The van der Waals surface area contributed by atoms with Crippen LogP contribution in [-0.2, 0) is 9.59 Å². The first kappa shape index (κ1) is 10.2. The predicted molar refractivity (Wildman–Crippen MR) is 45.2 cm³/mol. The number of aliphatic hydroxyl groups is 1. The molecule has 1 rings (SSSR count). The van der Waals surface area contributed by atoms with E-state index in [0.717, 1.165) is 0 Å². The minimum atomic E-state index is -1.18. The highest BCUT2D eigenvalue weighted by Crippen LogP contribution is 2.39. The second-order valence-electron chi connectivity index (χ2n) is 3.49. The normalized spacial score (nSPS) is 27.9. The molecule has 0 spiro atoms. The fourth-order valence-electron chi connectivity index (χ4n) is 1.91. The SMILES string of the molecule is O=C(O)[C@]1(CCCO)CCCC1=O. The number of carboxylic acid groups (broad SMARTS) is 1. The molecule has 1 fully saturated rings. The van der Waals surface area contributed by atoms with Crippen LogP contribution in [0.4, 0.5) is 0 Å². The number of ketones is 1. The van der Waals surface area contributed by atoms with Crippen molar-refractivity contribution < 1.29 is 19.8 Å². The third kappa shape index (κ3) is 1.72. The summed E-state index contributed by atoms with van der Waals surface area (Å²) in [7, 11) is 0. The lowest BCUT2D eigenvalue weighted by Crippen LogP contribution is -2.35. The van der Waals surface area contributed by atoms with E-state index in [9.17, 15) is 9.59 Å². The number of aliphatic carboxylic acids is 1. The Balaban J connectivity index is 2.74. The number of carbonyl (C=O) groups is 2. The van der Waals surface area contributed by atoms with Crippen molar-refractivity contribution in [3.63, 3.8) is 0 Å². The first-order valence-electron chi connectivity index (χ1n) is 4.51. The molecule has 0 bridgehead atoms. The van der Waals surface area contributed by atoms with Crippen molar-refractivity contribution >= 4 is 11.8 Å². The highest BCUT2D eigenvalue weighted by molar-refractivity contribution is 6.04. The molecule has 1 saturated carbocycles. The molecule has 0 heterocycles. The Hall–Kier alpha value is -0.900. The van der Waals surface area contributed by atoms with Crippen molar-refractivity contribution in [2.45, 2.75) is 32.1 Å². The summed E-state index contributed by atoms with van der Waals surface area (Å²) < 4.78 is 0. The largest absolute Gasteiger partial charge is 0.480 e. The van der Waals surface area contributed by atoms with Crippen molar-refractivity contribution in [3.05, 3.63) is 0 Å². The van der Waals surface area contributed by atoms with Gasteiger partial charge in [0.25, 0.3) is 0 Å². The van der Waals surface area contributed by atoms with Crippen molar-refractivity contribution in [1.29, 1.82) is 0 Å². The van der Waals surface area contributed by atoms with Crippen LogP contribution in [0.15, 0.2) is 0 Å². The van der Waals surface area contributed by atoms with Gasteiger partial charge in [0.1, 0.15) is 11.2 Å². The molecule has 74 valence electrons. The van der Waals surface area contributed by atoms with Gasteiger partial charge in [0.05, 0.1) is 0 Å². The first-order chi connectivity index (χ1) is 6.13. The van der Waals surface area contributed by atoms with Crippen molar-refractivity contribution in [3.8, 4) is 0 Å². The van der Waals surface area contributed by atoms with Crippen LogP contribution in [0.25, 0.3) is 0 Å². The van der Waals surface area contributed by atoms with E-state index >= 15 is 0 Å². The van der Waals surface area contributed by atoms with E-state index in [2.05, 4.69) is 0 Å². The summed E-state index contributed by atoms with van der Waals surface area (Å²) in [6.45, 7) is -0.0533. The zero-order valence-electron chi connectivity index (χ0n) is 7.45. The van der Waals surface area contributed by atoms with Gasteiger partial charge in [0.15, 0.2) is 0 Å². The van der Waals surface area contributed by atoms with E-state index in [-0.39, 0.29) is 18.8 Å². The lowest BCUT2D eigenvalue weighted by atomic mass is 9.81. The van der Waals surface area contributed by atoms with E-state index in [0.29, 0.717) is 25.7 Å². The summed E-state index contributed by atoms with van der Waals surface area (Å²) in [6.07, 6.45) is 2.13. The molecule has 2 N–H and O–H groups in total. The molecule has 0 aliphatic heterocycles. The Bertz CT molecular complexity index is 224. The van der Waals surface area contributed by atoms with Crippen LogP contribution in [0.5, 0.6) is 0 Å². The molecular weight excluding hydrogens is 172 g/mol. The van der Waals surface area contributed by atoms with Crippen LogP contribution in [0, 0.1) is 5.41 Å². The summed E-state index contributed by atoms with van der Waals surface area (Å²) in [6, 6.07) is 0. The Morgan fingerprint density at radius 2 is 2.23 bits per heavy atom. The second-order valence-corrected chi connectivity index (χ2v) is 3.49. The Morgan fingerprint density at radius 1 is 1.54 bits per heavy atom. The van der Waals surface area contributed by atoms with E-state index in [1.807, 2.05) is 0 Å². The molecule has 0 aromatic rings. The molecule has 13 heavy (non-hydrogen) atoms. The van der Waals surface area contributed by atoms with Crippen molar-refractivity contribution in [2.75, 3.05) is 6.61 Å². The Morgan fingerprint density at radius 3 is 2.62 bits per heavy atom. The van der Waals surface area contributed by atoms with Gasteiger partial charge < -0.3 is 10.2 Å². The summed E-state index contributed by atoms with van der Waals surface area (Å²) in [5.41, 5.74) is -1.18. The lowest BCUT2D eigenvalue weighted by molar-refractivity contribution is -0.153. The van der Waals surface area contributed by atoms with Crippen LogP contribution in [0.2, 0.25) is 0 Å². The maximum atomic E-state index is 11.4. The number of rotatable bonds is 4. The maximum absolute atomic E-state index is 11.4. The van der Waals surface area contributed by atoms with Gasteiger partial charge in [0.2, 0.25) is 0 Å². The minimum Gasteiger partial charge on any atom is -0.480 e. The van der Waals surface area contributed by atoms with Gasteiger partial charge >= 0.3 is 5.97 Å². The Kier molecular flexibility index (Phi) is 3.03. The smallest absolute Gasteiger partial charge is 0.317 e. The molecule has 0 aromatic heterocycles. The fourth-order valence-corrected chi connectivity index (χ4v) is 1.91. The Labute approximate surface area is 76.6 Å². The third-order valence-corrected chi connectivity index (χ3v) is 2.71.